The summed E-state index contributed by atoms with van der Waals surface area (Å²) in [6, 6.07) is 6.17. The standard InChI is InChI=1S/C15H16ClN3OS/c1-15(2)12-5-10(4-3-9(12)6-18-13(15)20)17-7-11-8-19-14(16)21-11/h3-5,8,17H,6-7H2,1-2H3,(H,18,20). The van der Waals surface area contributed by atoms with Crippen molar-refractivity contribution in [3.8, 4) is 0 Å². The fourth-order valence-corrected chi connectivity index (χ4v) is 3.41. The summed E-state index contributed by atoms with van der Waals surface area (Å²) < 4.78 is 0.551. The number of anilines is 1. The smallest absolute Gasteiger partial charge is 0.230 e. The van der Waals surface area contributed by atoms with Crippen molar-refractivity contribution in [2.45, 2.75) is 32.4 Å². The fourth-order valence-electron chi connectivity index (χ4n) is 2.50. The number of halogens is 1. The summed E-state index contributed by atoms with van der Waals surface area (Å²) in [5.74, 6) is 0.0707. The lowest BCUT2D eigenvalue weighted by molar-refractivity contribution is -0.126. The third-order valence-corrected chi connectivity index (χ3v) is 4.90. The van der Waals surface area contributed by atoms with Gasteiger partial charge in [-0.3, -0.25) is 4.79 Å². The van der Waals surface area contributed by atoms with Crippen LogP contribution in [-0.4, -0.2) is 10.9 Å². The van der Waals surface area contributed by atoms with E-state index in [1.807, 2.05) is 19.9 Å². The van der Waals surface area contributed by atoms with Gasteiger partial charge in [0.05, 0.1) is 12.0 Å². The molecule has 1 aliphatic rings. The van der Waals surface area contributed by atoms with Gasteiger partial charge in [0.1, 0.15) is 0 Å². The first-order valence-electron chi connectivity index (χ1n) is 6.72. The second kappa shape index (κ2) is 5.31. The molecule has 1 aromatic carbocycles. The monoisotopic (exact) mass is 321 g/mol. The lowest BCUT2D eigenvalue weighted by Crippen LogP contribution is -2.44. The fraction of sp³-hybridized carbons (Fsp3) is 0.333. The first kappa shape index (κ1) is 14.4. The Bertz CT molecular complexity index is 696. The minimum atomic E-state index is -0.501. The molecule has 1 amide bonds. The van der Waals surface area contributed by atoms with Crippen LogP contribution in [0.25, 0.3) is 0 Å². The normalized spacial score (nSPS) is 16.2. The molecule has 21 heavy (non-hydrogen) atoms. The largest absolute Gasteiger partial charge is 0.380 e. The highest BCUT2D eigenvalue weighted by molar-refractivity contribution is 7.15. The molecule has 0 spiro atoms. The predicted molar refractivity (Wildman–Crippen MR) is 85.8 cm³/mol. The average Bonchev–Trinajstić information content (AvgIpc) is 2.87. The Kier molecular flexibility index (Phi) is 3.63. The van der Waals surface area contributed by atoms with Crippen LogP contribution < -0.4 is 10.6 Å². The van der Waals surface area contributed by atoms with Gasteiger partial charge in [0.15, 0.2) is 4.47 Å². The van der Waals surface area contributed by atoms with Crippen LogP contribution in [0, 0.1) is 0 Å². The molecule has 2 heterocycles. The molecule has 6 heteroatoms. The summed E-state index contributed by atoms with van der Waals surface area (Å²) in [6.07, 6.45) is 1.77. The molecule has 0 aliphatic carbocycles. The second-order valence-electron chi connectivity index (χ2n) is 5.61. The zero-order chi connectivity index (χ0) is 15.0. The SMILES string of the molecule is CC1(C)C(=O)NCc2ccc(NCc3cnc(Cl)s3)cc21. The summed E-state index contributed by atoms with van der Waals surface area (Å²) in [4.78, 5) is 17.1. The van der Waals surface area contributed by atoms with Crippen molar-refractivity contribution in [3.63, 3.8) is 0 Å². The minimum Gasteiger partial charge on any atom is -0.380 e. The lowest BCUT2D eigenvalue weighted by atomic mass is 9.78. The van der Waals surface area contributed by atoms with Crippen molar-refractivity contribution in [2.24, 2.45) is 0 Å². The van der Waals surface area contributed by atoms with Gasteiger partial charge in [-0.2, -0.15) is 0 Å². The topological polar surface area (TPSA) is 54.0 Å². The Morgan fingerprint density at radius 3 is 3.00 bits per heavy atom. The summed E-state index contributed by atoms with van der Waals surface area (Å²) in [7, 11) is 0. The maximum Gasteiger partial charge on any atom is 0.230 e. The van der Waals surface area contributed by atoms with Crippen molar-refractivity contribution in [2.75, 3.05) is 5.32 Å². The van der Waals surface area contributed by atoms with E-state index < -0.39 is 5.41 Å². The zero-order valence-corrected chi connectivity index (χ0v) is 13.4. The third kappa shape index (κ3) is 2.76. The van der Waals surface area contributed by atoms with Crippen LogP contribution >= 0.6 is 22.9 Å². The molecule has 0 fully saturated rings. The van der Waals surface area contributed by atoms with Crippen molar-refractivity contribution < 1.29 is 4.79 Å². The van der Waals surface area contributed by atoms with Crippen LogP contribution in [0.4, 0.5) is 5.69 Å². The molecule has 0 unspecified atom stereocenters. The van der Waals surface area contributed by atoms with E-state index in [0.29, 0.717) is 17.6 Å². The Hall–Kier alpha value is -1.59. The molecule has 0 saturated carbocycles. The molecule has 0 saturated heterocycles. The number of thiazole rings is 1. The average molecular weight is 322 g/mol. The van der Waals surface area contributed by atoms with Gasteiger partial charge in [-0.25, -0.2) is 4.98 Å². The second-order valence-corrected chi connectivity index (χ2v) is 7.31. The van der Waals surface area contributed by atoms with E-state index in [9.17, 15) is 4.79 Å². The van der Waals surface area contributed by atoms with Gasteiger partial charge >= 0.3 is 0 Å². The summed E-state index contributed by atoms with van der Waals surface area (Å²) in [5, 5.41) is 6.29. The number of nitrogens with one attached hydrogen (secondary N) is 2. The number of amides is 1. The third-order valence-electron chi connectivity index (χ3n) is 3.78. The van der Waals surface area contributed by atoms with E-state index in [-0.39, 0.29) is 5.91 Å². The highest BCUT2D eigenvalue weighted by Gasteiger charge is 2.35. The quantitative estimate of drug-likeness (QED) is 0.912. The number of hydrogen-bond donors (Lipinski definition) is 2. The Balaban J connectivity index is 1.82. The molecular weight excluding hydrogens is 306 g/mol. The van der Waals surface area contributed by atoms with Crippen molar-refractivity contribution in [3.05, 3.63) is 44.9 Å². The number of hydrogen-bond acceptors (Lipinski definition) is 4. The van der Waals surface area contributed by atoms with Gasteiger partial charge < -0.3 is 10.6 Å². The van der Waals surface area contributed by atoms with Gasteiger partial charge in [-0.15, -0.1) is 11.3 Å². The van der Waals surface area contributed by atoms with Gasteiger partial charge in [-0.1, -0.05) is 17.7 Å². The number of fused-ring (bicyclic) bond motifs is 1. The maximum absolute atomic E-state index is 12.0. The maximum atomic E-state index is 12.0. The molecule has 1 aliphatic heterocycles. The molecular formula is C15H16ClN3OS. The number of benzene rings is 1. The van der Waals surface area contributed by atoms with Crippen molar-refractivity contribution in [1.82, 2.24) is 10.3 Å². The van der Waals surface area contributed by atoms with Crippen LogP contribution in [0.2, 0.25) is 4.47 Å². The van der Waals surface area contributed by atoms with E-state index >= 15 is 0 Å². The summed E-state index contributed by atoms with van der Waals surface area (Å²) in [6.45, 7) is 5.18. The van der Waals surface area contributed by atoms with E-state index in [1.54, 1.807) is 6.20 Å². The molecule has 1 aromatic heterocycles. The zero-order valence-electron chi connectivity index (χ0n) is 11.9. The molecule has 0 bridgehead atoms. The molecule has 0 radical (unpaired) electrons. The van der Waals surface area contributed by atoms with Crippen LogP contribution in [0.1, 0.15) is 29.9 Å². The predicted octanol–water partition coefficient (Wildman–Crippen LogP) is 3.32. The van der Waals surface area contributed by atoms with E-state index in [1.165, 1.54) is 16.9 Å². The summed E-state index contributed by atoms with van der Waals surface area (Å²) >= 11 is 7.29. The molecule has 3 rings (SSSR count). The van der Waals surface area contributed by atoms with Crippen molar-refractivity contribution >= 4 is 34.5 Å². The van der Waals surface area contributed by atoms with Crippen LogP contribution in [-0.2, 0) is 23.3 Å². The number of aromatic nitrogens is 1. The minimum absolute atomic E-state index is 0.0707. The van der Waals surface area contributed by atoms with Crippen LogP contribution in [0.3, 0.4) is 0 Å². The summed E-state index contributed by atoms with van der Waals surface area (Å²) in [5.41, 5.74) is 2.75. The van der Waals surface area contributed by atoms with E-state index in [0.717, 1.165) is 16.1 Å². The highest BCUT2D eigenvalue weighted by Crippen LogP contribution is 2.32. The van der Waals surface area contributed by atoms with Gasteiger partial charge in [0.2, 0.25) is 5.91 Å². The van der Waals surface area contributed by atoms with Gasteiger partial charge in [-0.05, 0) is 37.1 Å². The number of carbonyl (C=O) groups excluding carboxylic acids is 1. The molecule has 0 atom stereocenters. The number of rotatable bonds is 3. The van der Waals surface area contributed by atoms with Gasteiger partial charge in [0, 0.05) is 23.3 Å². The Labute approximate surface area is 132 Å². The lowest BCUT2D eigenvalue weighted by Gasteiger charge is -2.32. The Morgan fingerprint density at radius 1 is 1.48 bits per heavy atom. The molecule has 2 N–H and O–H groups in total. The van der Waals surface area contributed by atoms with E-state index in [2.05, 4.69) is 27.8 Å². The van der Waals surface area contributed by atoms with Crippen molar-refractivity contribution in [1.29, 1.82) is 0 Å². The molecule has 4 nitrogen and oxygen atoms in total. The molecule has 110 valence electrons. The number of carbonyl (C=O) groups is 1. The number of nitrogens with zero attached hydrogens (tertiary/aromatic N) is 1. The van der Waals surface area contributed by atoms with E-state index in [4.69, 9.17) is 11.6 Å². The van der Waals surface area contributed by atoms with Gasteiger partial charge in [0.25, 0.3) is 0 Å². The highest BCUT2D eigenvalue weighted by atomic mass is 35.5. The molecule has 2 aromatic rings. The van der Waals surface area contributed by atoms with Crippen LogP contribution in [0.15, 0.2) is 24.4 Å². The Morgan fingerprint density at radius 2 is 2.29 bits per heavy atom. The first-order chi connectivity index (χ1) is 9.96. The first-order valence-corrected chi connectivity index (χ1v) is 7.92. The van der Waals surface area contributed by atoms with Crippen LogP contribution in [0.5, 0.6) is 0 Å².